The molecule has 0 unspecified atom stereocenters. The number of amides is 2. The molecular weight excluding hydrogens is 539 g/mol. The molecule has 2 aliphatic heterocycles. The number of rotatable bonds is 6. The van der Waals surface area contributed by atoms with E-state index in [0.29, 0.717) is 35.0 Å². The average molecular weight is 570 g/mol. The summed E-state index contributed by atoms with van der Waals surface area (Å²) in [6.07, 6.45) is -0.333. The van der Waals surface area contributed by atoms with E-state index in [0.717, 1.165) is 20.0 Å². The summed E-state index contributed by atoms with van der Waals surface area (Å²) in [6.45, 7) is 0. The summed E-state index contributed by atoms with van der Waals surface area (Å²) in [5.74, 6) is -0.274. The first-order chi connectivity index (χ1) is 18.5. The quantitative estimate of drug-likeness (QED) is 0.529. The zero-order valence-electron chi connectivity index (χ0n) is 21.7. The summed E-state index contributed by atoms with van der Waals surface area (Å²) < 4.78 is 50.4. The van der Waals surface area contributed by atoms with E-state index in [1.807, 2.05) is 4.90 Å². The number of carbonyl (C=O) groups is 2. The van der Waals surface area contributed by atoms with Crippen molar-refractivity contribution in [1.82, 2.24) is 25.4 Å². The number of hydrogen-bond donors (Lipinski definition) is 2. The van der Waals surface area contributed by atoms with Gasteiger partial charge >= 0.3 is 6.18 Å². The number of hydrogen-bond acceptors (Lipinski definition) is 6. The molecule has 1 saturated carbocycles. The molecular formula is C26H31ClF3N5O4. The first-order valence-electron chi connectivity index (χ1n) is 13.1. The smallest absolute Gasteiger partial charge is 0.417 e. The highest BCUT2D eigenvalue weighted by molar-refractivity contribution is 6.33. The summed E-state index contributed by atoms with van der Waals surface area (Å²) in [5.41, 5.74) is -0.722. The van der Waals surface area contributed by atoms with Crippen molar-refractivity contribution in [1.29, 1.82) is 0 Å². The third kappa shape index (κ3) is 5.20. The molecule has 2 saturated heterocycles. The number of aromatic nitrogens is 3. The van der Waals surface area contributed by atoms with Crippen LogP contribution in [0.5, 0.6) is 5.88 Å². The maximum absolute atomic E-state index is 13.5. The largest absolute Gasteiger partial charge is 0.481 e. The van der Waals surface area contributed by atoms with E-state index in [2.05, 4.69) is 20.5 Å². The van der Waals surface area contributed by atoms with Crippen molar-refractivity contribution in [2.45, 2.75) is 81.3 Å². The van der Waals surface area contributed by atoms with Crippen LogP contribution in [0.4, 0.5) is 13.2 Å². The highest BCUT2D eigenvalue weighted by Crippen LogP contribution is 2.44. The van der Waals surface area contributed by atoms with Gasteiger partial charge in [0.15, 0.2) is 11.3 Å². The first kappa shape index (κ1) is 27.7. The Labute approximate surface area is 228 Å². The maximum atomic E-state index is 13.5. The zero-order chi connectivity index (χ0) is 27.9. The number of aromatic amines is 1. The highest BCUT2D eigenvalue weighted by Gasteiger charge is 2.56. The summed E-state index contributed by atoms with van der Waals surface area (Å²) in [5, 5.41) is 10.4. The van der Waals surface area contributed by atoms with Crippen LogP contribution in [0.25, 0.3) is 11.3 Å². The highest BCUT2D eigenvalue weighted by atomic mass is 35.5. The molecule has 3 aliphatic rings. The summed E-state index contributed by atoms with van der Waals surface area (Å²) >= 11 is 6.28. The Morgan fingerprint density at radius 3 is 2.38 bits per heavy atom. The molecule has 2 aromatic heterocycles. The first-order valence-corrected chi connectivity index (χ1v) is 13.4. The van der Waals surface area contributed by atoms with Crippen LogP contribution < -0.4 is 10.1 Å². The molecule has 2 aromatic rings. The SMILES string of the molecule is COc1cc(-c2cc(C(=O)N3[C@@H]4CC[C@H]3C[C@H](C(=O)N[C@H]3CC[C@@](OC)(C(F)(F)F)CC3)C4)n[nH]2)c(Cl)cn1. The van der Waals surface area contributed by atoms with Crippen LogP contribution in [0, 0.1) is 5.92 Å². The van der Waals surface area contributed by atoms with Crippen molar-refractivity contribution in [3.8, 4) is 17.1 Å². The molecule has 2 amide bonds. The Morgan fingerprint density at radius 1 is 1.13 bits per heavy atom. The predicted octanol–water partition coefficient (Wildman–Crippen LogP) is 4.52. The van der Waals surface area contributed by atoms with Gasteiger partial charge in [-0.2, -0.15) is 18.3 Å². The number of nitrogens with one attached hydrogen (secondary N) is 2. The monoisotopic (exact) mass is 569 g/mol. The molecule has 0 spiro atoms. The van der Waals surface area contributed by atoms with E-state index < -0.39 is 11.8 Å². The standard InChI is InChI=1S/C26H31ClF3N5O4/c1-38-22-11-18(19(27)13-31-22)20-12-21(34-33-20)24(37)35-16-3-4-17(35)10-14(9-16)23(36)32-15-5-7-25(39-2,8-6-15)26(28,29)30/h11-17H,3-10H2,1-2H3,(H,32,36)(H,33,34)/t14-,15-,16-,17+,25-. The normalized spacial score (nSPS) is 28.8. The summed E-state index contributed by atoms with van der Waals surface area (Å²) in [6, 6.07) is 2.78. The summed E-state index contributed by atoms with van der Waals surface area (Å²) in [4.78, 5) is 32.4. The number of carbonyl (C=O) groups excluding carboxylic acids is 2. The van der Waals surface area contributed by atoms with E-state index in [1.165, 1.54) is 13.3 Å². The average Bonchev–Trinajstić information content (AvgIpc) is 3.50. The van der Waals surface area contributed by atoms with E-state index in [-0.39, 0.29) is 67.2 Å². The molecule has 4 heterocycles. The van der Waals surface area contributed by atoms with Gasteiger partial charge in [-0.25, -0.2) is 4.98 Å². The summed E-state index contributed by atoms with van der Waals surface area (Å²) in [7, 11) is 2.59. The van der Waals surface area contributed by atoms with Crippen molar-refractivity contribution in [3.05, 3.63) is 29.0 Å². The number of H-pyrrole nitrogens is 1. The number of methoxy groups -OCH3 is 2. The van der Waals surface area contributed by atoms with Gasteiger partial charge in [-0.3, -0.25) is 14.7 Å². The van der Waals surface area contributed by atoms with Gasteiger partial charge in [0.25, 0.3) is 5.91 Å². The minimum absolute atomic E-state index is 0.102. The van der Waals surface area contributed by atoms with E-state index in [9.17, 15) is 22.8 Å². The number of nitrogens with zero attached hydrogens (tertiary/aromatic N) is 3. The fourth-order valence-corrected chi connectivity index (χ4v) is 6.52. The lowest BCUT2D eigenvalue weighted by atomic mass is 9.81. The molecule has 39 heavy (non-hydrogen) atoms. The fourth-order valence-electron chi connectivity index (χ4n) is 6.31. The molecule has 3 atom stereocenters. The lowest BCUT2D eigenvalue weighted by molar-refractivity contribution is -0.280. The number of ether oxygens (including phenoxy) is 2. The molecule has 3 fully saturated rings. The lowest BCUT2D eigenvalue weighted by Crippen LogP contribution is -2.54. The van der Waals surface area contributed by atoms with E-state index in [4.69, 9.17) is 21.1 Å². The van der Waals surface area contributed by atoms with Crippen LogP contribution in [-0.2, 0) is 9.53 Å². The van der Waals surface area contributed by atoms with Crippen molar-refractivity contribution in [2.24, 2.45) is 5.92 Å². The second-order valence-corrected chi connectivity index (χ2v) is 11.0. The van der Waals surface area contributed by atoms with Gasteiger partial charge in [0, 0.05) is 42.8 Å². The van der Waals surface area contributed by atoms with Gasteiger partial charge in [-0.15, -0.1) is 0 Å². The van der Waals surface area contributed by atoms with Crippen LogP contribution in [0.2, 0.25) is 5.02 Å². The number of alkyl halides is 3. The third-order valence-corrected chi connectivity index (χ3v) is 8.81. The number of halogens is 4. The Balaban J connectivity index is 1.20. The van der Waals surface area contributed by atoms with Crippen molar-refractivity contribution in [3.63, 3.8) is 0 Å². The minimum atomic E-state index is -4.44. The van der Waals surface area contributed by atoms with Gasteiger partial charge in [0.05, 0.1) is 24.0 Å². The molecule has 9 nitrogen and oxygen atoms in total. The third-order valence-electron chi connectivity index (χ3n) is 8.51. The molecule has 212 valence electrons. The Hall–Kier alpha value is -2.86. The van der Waals surface area contributed by atoms with Crippen LogP contribution >= 0.6 is 11.6 Å². The van der Waals surface area contributed by atoms with Crippen LogP contribution in [0.15, 0.2) is 18.3 Å². The maximum Gasteiger partial charge on any atom is 0.417 e. The fraction of sp³-hybridized carbons (Fsp3) is 0.615. The van der Waals surface area contributed by atoms with Gasteiger partial charge in [-0.05, 0) is 57.4 Å². The molecule has 0 radical (unpaired) electrons. The molecule has 5 rings (SSSR count). The van der Waals surface area contributed by atoms with Gasteiger partial charge in [0.1, 0.15) is 0 Å². The number of pyridine rings is 1. The molecule has 1 aliphatic carbocycles. The second-order valence-electron chi connectivity index (χ2n) is 10.6. The molecule has 13 heteroatoms. The van der Waals surface area contributed by atoms with E-state index >= 15 is 0 Å². The minimum Gasteiger partial charge on any atom is -0.481 e. The van der Waals surface area contributed by atoms with Crippen molar-refractivity contribution < 1.29 is 32.2 Å². The lowest BCUT2D eigenvalue weighted by Gasteiger charge is -2.41. The van der Waals surface area contributed by atoms with Gasteiger partial charge in [0.2, 0.25) is 11.8 Å². The molecule has 0 aromatic carbocycles. The van der Waals surface area contributed by atoms with Crippen molar-refractivity contribution in [2.75, 3.05) is 14.2 Å². The second kappa shape index (κ2) is 10.6. The van der Waals surface area contributed by atoms with Crippen LogP contribution in [0.3, 0.4) is 0 Å². The topological polar surface area (TPSA) is 109 Å². The number of fused-ring (bicyclic) bond motifs is 2. The van der Waals surface area contributed by atoms with Crippen LogP contribution in [-0.4, -0.2) is 76.0 Å². The Bertz CT molecular complexity index is 1220. The van der Waals surface area contributed by atoms with Gasteiger partial charge < -0.3 is 19.7 Å². The predicted molar refractivity (Wildman–Crippen MR) is 135 cm³/mol. The zero-order valence-corrected chi connectivity index (χ0v) is 22.4. The Kier molecular flexibility index (Phi) is 7.53. The Morgan fingerprint density at radius 2 is 1.79 bits per heavy atom. The van der Waals surface area contributed by atoms with Crippen LogP contribution in [0.1, 0.15) is 61.9 Å². The number of piperidine rings is 1. The van der Waals surface area contributed by atoms with Gasteiger partial charge in [-0.1, -0.05) is 11.6 Å². The van der Waals surface area contributed by atoms with E-state index in [1.54, 1.807) is 12.1 Å². The molecule has 2 bridgehead atoms. The van der Waals surface area contributed by atoms with Crippen molar-refractivity contribution >= 4 is 23.4 Å². The molecule has 2 N–H and O–H groups in total.